The molecular weight excluding hydrogens is 561 g/mol. The van der Waals surface area contributed by atoms with E-state index in [0.717, 1.165) is 73.2 Å². The molecule has 6 unspecified atom stereocenters. The van der Waals surface area contributed by atoms with Crippen LogP contribution in [0.1, 0.15) is 73.8 Å². The summed E-state index contributed by atoms with van der Waals surface area (Å²) in [7, 11) is 2.24. The van der Waals surface area contributed by atoms with Crippen molar-refractivity contribution in [3.63, 3.8) is 0 Å². The fourth-order valence-corrected chi connectivity index (χ4v) is 7.71. The highest BCUT2D eigenvalue weighted by Gasteiger charge is 2.40. The molecule has 0 aliphatic heterocycles. The lowest BCUT2D eigenvalue weighted by Crippen LogP contribution is -2.44. The van der Waals surface area contributed by atoms with Gasteiger partial charge in [0.1, 0.15) is 4.88 Å². The van der Waals surface area contributed by atoms with Gasteiger partial charge in [-0.2, -0.15) is 0 Å². The van der Waals surface area contributed by atoms with Gasteiger partial charge in [0.15, 0.2) is 0 Å². The number of allylic oxidation sites excluding steroid dienone is 4. The van der Waals surface area contributed by atoms with Crippen molar-refractivity contribution in [2.24, 2.45) is 17.8 Å². The van der Waals surface area contributed by atoms with E-state index >= 15 is 0 Å². The molecule has 1 aromatic heterocycles. The molecule has 2 aliphatic rings. The van der Waals surface area contributed by atoms with Crippen molar-refractivity contribution < 1.29 is 19.1 Å². The number of quaternary nitrogens is 1. The van der Waals surface area contributed by atoms with E-state index in [2.05, 4.69) is 27.0 Å². The smallest absolute Gasteiger partial charge is 0.348 e. The zero-order valence-corrected chi connectivity index (χ0v) is 26.4. The topological polar surface area (TPSA) is 46.5 Å². The first-order chi connectivity index (χ1) is 18.1. The van der Waals surface area contributed by atoms with Crippen molar-refractivity contribution >= 4 is 52.1 Å². The van der Waals surface area contributed by atoms with E-state index in [9.17, 15) is 9.90 Å². The lowest BCUT2D eigenvalue weighted by atomic mass is 9.84. The maximum absolute atomic E-state index is 12.5. The minimum Gasteiger partial charge on any atom is -0.461 e. The van der Waals surface area contributed by atoms with Crippen molar-refractivity contribution in [1.82, 2.24) is 0 Å². The molecule has 1 N–H and O–H groups in total. The first-order valence-electron chi connectivity index (χ1n) is 14.2. The molecule has 0 spiro atoms. The molecule has 6 atom stereocenters. The third-order valence-corrected chi connectivity index (χ3v) is 11.4. The SMILES string of the molecule is CC[N+](C)(CC)CCCOC(=O)c1ccc(CCCC2C(Cl)CC(O)C2CCC2=CC(Cl)C(C)C(Cl)=C2)s1. The second-order valence-electron chi connectivity index (χ2n) is 11.3. The van der Waals surface area contributed by atoms with E-state index in [1.54, 1.807) is 0 Å². The summed E-state index contributed by atoms with van der Waals surface area (Å²) in [6.07, 6.45) is 9.85. The Morgan fingerprint density at radius 2 is 1.87 bits per heavy atom. The van der Waals surface area contributed by atoms with Crippen LogP contribution < -0.4 is 0 Å². The minimum absolute atomic E-state index is 0.00923. The van der Waals surface area contributed by atoms with E-state index in [1.807, 2.05) is 25.1 Å². The highest BCUT2D eigenvalue weighted by Crippen LogP contribution is 2.43. The fourth-order valence-electron chi connectivity index (χ4n) is 5.64. The van der Waals surface area contributed by atoms with E-state index in [1.165, 1.54) is 16.2 Å². The number of hydrogen-bond acceptors (Lipinski definition) is 4. The third kappa shape index (κ3) is 8.72. The number of alkyl halides is 2. The molecule has 0 saturated heterocycles. The van der Waals surface area contributed by atoms with Gasteiger partial charge >= 0.3 is 5.97 Å². The number of aliphatic hydroxyl groups excluding tert-OH is 1. The van der Waals surface area contributed by atoms with Crippen molar-refractivity contribution in [3.05, 3.63) is 44.6 Å². The van der Waals surface area contributed by atoms with Gasteiger partial charge in [0.05, 0.1) is 44.8 Å². The maximum Gasteiger partial charge on any atom is 0.348 e. The lowest BCUT2D eigenvalue weighted by molar-refractivity contribution is -0.906. The van der Waals surface area contributed by atoms with Crippen molar-refractivity contribution in [2.45, 2.75) is 82.6 Å². The summed E-state index contributed by atoms with van der Waals surface area (Å²) < 4.78 is 6.54. The number of carbonyl (C=O) groups is 1. The molecule has 38 heavy (non-hydrogen) atoms. The number of halogens is 3. The standard InChI is InChI=1S/C30H45Cl3NO3S/c1-5-34(4,6-2)15-8-16-37-30(36)29-14-12-22(38-29)9-7-10-23-24(28(35)19-27(23)33)13-11-21-17-25(31)20(3)26(32)18-21/h12,14,17-18,20,23-25,27-28,35H,5-11,13,15-16,19H2,1-4H3/q+1. The van der Waals surface area contributed by atoms with Crippen LogP contribution in [-0.2, 0) is 11.2 Å². The van der Waals surface area contributed by atoms with Gasteiger partial charge in [-0.25, -0.2) is 4.79 Å². The van der Waals surface area contributed by atoms with E-state index in [4.69, 9.17) is 39.5 Å². The van der Waals surface area contributed by atoms with Crippen LogP contribution in [0.3, 0.4) is 0 Å². The van der Waals surface area contributed by atoms with Crippen LogP contribution in [-0.4, -0.2) is 65.7 Å². The molecular formula is C30H45Cl3NO3S+. The van der Waals surface area contributed by atoms with Crippen LogP contribution in [0.5, 0.6) is 0 Å². The molecule has 1 fully saturated rings. The average molecular weight is 606 g/mol. The molecule has 0 bridgehead atoms. The predicted octanol–water partition coefficient (Wildman–Crippen LogP) is 7.79. The quantitative estimate of drug-likeness (QED) is 0.102. The van der Waals surface area contributed by atoms with Gasteiger partial charge in [0, 0.05) is 27.6 Å². The maximum atomic E-state index is 12.5. The summed E-state index contributed by atoms with van der Waals surface area (Å²) in [5, 5.41) is 11.4. The summed E-state index contributed by atoms with van der Waals surface area (Å²) in [6, 6.07) is 3.92. The average Bonchev–Trinajstić information content (AvgIpc) is 3.47. The Balaban J connectivity index is 1.44. The molecule has 0 aromatic carbocycles. The van der Waals surface area contributed by atoms with E-state index in [0.29, 0.717) is 17.9 Å². The first kappa shape index (κ1) is 32.0. The summed E-state index contributed by atoms with van der Waals surface area (Å²) in [4.78, 5) is 14.4. The van der Waals surface area contributed by atoms with Gasteiger partial charge in [-0.05, 0) is 88.0 Å². The molecule has 1 aromatic rings. The van der Waals surface area contributed by atoms with Crippen LogP contribution in [0.2, 0.25) is 0 Å². The van der Waals surface area contributed by atoms with Crippen LogP contribution in [0.4, 0.5) is 0 Å². The summed E-state index contributed by atoms with van der Waals surface area (Å²) in [5.74, 6) is 0.373. The van der Waals surface area contributed by atoms with Crippen molar-refractivity contribution in [3.8, 4) is 0 Å². The second kappa shape index (κ2) is 14.9. The highest BCUT2D eigenvalue weighted by molar-refractivity contribution is 7.13. The fraction of sp³-hybridized carbons (Fsp3) is 0.700. The third-order valence-electron chi connectivity index (χ3n) is 8.78. The number of rotatable bonds is 14. The van der Waals surface area contributed by atoms with Gasteiger partial charge < -0.3 is 14.3 Å². The molecule has 0 radical (unpaired) electrons. The predicted molar refractivity (Wildman–Crippen MR) is 162 cm³/mol. The Morgan fingerprint density at radius 1 is 1.13 bits per heavy atom. The number of carbonyl (C=O) groups excluding carboxylic acids is 1. The minimum atomic E-state index is -0.369. The zero-order chi connectivity index (χ0) is 27.9. The zero-order valence-electron chi connectivity index (χ0n) is 23.3. The van der Waals surface area contributed by atoms with Crippen molar-refractivity contribution in [1.29, 1.82) is 0 Å². The van der Waals surface area contributed by atoms with Gasteiger partial charge in [-0.1, -0.05) is 24.6 Å². The Morgan fingerprint density at radius 3 is 2.55 bits per heavy atom. The number of hydrogen-bond donors (Lipinski definition) is 1. The first-order valence-corrected chi connectivity index (χ1v) is 16.3. The Labute approximate surface area is 248 Å². The van der Waals surface area contributed by atoms with Crippen molar-refractivity contribution in [2.75, 3.05) is 33.3 Å². The molecule has 2 aliphatic carbocycles. The van der Waals surface area contributed by atoms with Crippen LogP contribution in [0.25, 0.3) is 0 Å². The number of esters is 1. The van der Waals surface area contributed by atoms with Crippen LogP contribution in [0, 0.1) is 17.8 Å². The summed E-state index contributed by atoms with van der Waals surface area (Å²) in [6.45, 7) is 10.1. The Hall–Kier alpha value is -0.560. The molecule has 3 rings (SSSR count). The molecule has 8 heteroatoms. The number of nitrogens with zero attached hydrogens (tertiary/aromatic N) is 1. The molecule has 1 saturated carbocycles. The van der Waals surface area contributed by atoms with Crippen LogP contribution in [0.15, 0.2) is 34.9 Å². The Bertz CT molecular complexity index is 974. The molecule has 4 nitrogen and oxygen atoms in total. The van der Waals surface area contributed by atoms with Gasteiger partial charge in [0.25, 0.3) is 0 Å². The van der Waals surface area contributed by atoms with E-state index < -0.39 is 0 Å². The van der Waals surface area contributed by atoms with Gasteiger partial charge in [0.2, 0.25) is 0 Å². The molecule has 214 valence electrons. The number of ether oxygens (including phenoxy) is 1. The van der Waals surface area contributed by atoms with Gasteiger partial charge in [-0.3, -0.25) is 0 Å². The number of aryl methyl sites for hydroxylation is 1. The molecule has 1 heterocycles. The monoisotopic (exact) mass is 604 g/mol. The lowest BCUT2D eigenvalue weighted by Gasteiger charge is -2.31. The highest BCUT2D eigenvalue weighted by atomic mass is 35.5. The largest absolute Gasteiger partial charge is 0.461 e. The normalized spacial score (nSPS) is 27.8. The summed E-state index contributed by atoms with van der Waals surface area (Å²) >= 11 is 21.0. The van der Waals surface area contributed by atoms with Crippen LogP contribution >= 0.6 is 46.1 Å². The number of thiophene rings is 1. The molecule has 0 amide bonds. The van der Waals surface area contributed by atoms with E-state index in [-0.39, 0.29) is 40.6 Å². The summed E-state index contributed by atoms with van der Waals surface area (Å²) in [5.41, 5.74) is 1.15. The Kier molecular flexibility index (Phi) is 12.5. The number of aliphatic hydroxyl groups is 1. The second-order valence-corrected chi connectivity index (χ2v) is 14.0. The van der Waals surface area contributed by atoms with Gasteiger partial charge in [-0.15, -0.1) is 34.5 Å².